The maximum atomic E-state index is 12.6. The first-order chi connectivity index (χ1) is 12.5. The van der Waals surface area contributed by atoms with E-state index in [4.69, 9.17) is 5.73 Å². The van der Waals surface area contributed by atoms with Gasteiger partial charge in [-0.3, -0.25) is 19.1 Å². The second kappa shape index (κ2) is 6.42. The van der Waals surface area contributed by atoms with Crippen LogP contribution in [-0.2, 0) is 6.54 Å². The quantitative estimate of drug-likeness (QED) is 0.543. The topological polar surface area (TPSA) is 129 Å². The molecule has 26 heavy (non-hydrogen) atoms. The molecular weight excluding hydrogens is 356 g/mol. The second-order valence-corrected chi connectivity index (χ2v) is 7.63. The highest BCUT2D eigenvalue weighted by molar-refractivity contribution is 7.99. The number of carbonyl (C=O) groups is 1. The van der Waals surface area contributed by atoms with Gasteiger partial charge in [0, 0.05) is 18.5 Å². The van der Waals surface area contributed by atoms with E-state index in [1.807, 2.05) is 11.5 Å². The van der Waals surface area contributed by atoms with E-state index in [9.17, 15) is 14.4 Å². The van der Waals surface area contributed by atoms with Gasteiger partial charge in [0.2, 0.25) is 0 Å². The highest BCUT2D eigenvalue weighted by atomic mass is 32.2. The molecule has 2 fully saturated rings. The molecular formula is C16H20N6O3S. The van der Waals surface area contributed by atoms with Gasteiger partial charge in [0.15, 0.2) is 10.9 Å². The number of rotatable bonds is 7. The predicted octanol–water partition coefficient (Wildman–Crippen LogP) is 0.917. The van der Waals surface area contributed by atoms with Crippen molar-refractivity contribution in [3.05, 3.63) is 32.2 Å². The normalized spacial score (nSPS) is 16.8. The molecule has 3 N–H and O–H groups in total. The van der Waals surface area contributed by atoms with Crippen molar-refractivity contribution in [3.8, 4) is 0 Å². The summed E-state index contributed by atoms with van der Waals surface area (Å²) in [6, 6.07) is -0.0251. The van der Waals surface area contributed by atoms with Gasteiger partial charge in [-0.1, -0.05) is 11.8 Å². The summed E-state index contributed by atoms with van der Waals surface area (Å²) in [5.41, 5.74) is 4.55. The lowest BCUT2D eigenvalue weighted by Crippen LogP contribution is -2.36. The monoisotopic (exact) mass is 376 g/mol. The molecule has 2 heterocycles. The van der Waals surface area contributed by atoms with E-state index in [1.54, 1.807) is 0 Å². The minimum absolute atomic E-state index is 0.0128. The van der Waals surface area contributed by atoms with Crippen LogP contribution in [0, 0.1) is 0 Å². The summed E-state index contributed by atoms with van der Waals surface area (Å²) in [6.07, 6.45) is 3.89. The molecule has 2 aromatic heterocycles. The lowest BCUT2D eigenvalue weighted by molar-refractivity contribution is 0.102. The number of nitrogens with one attached hydrogen (secondary N) is 1. The second-order valence-electron chi connectivity index (χ2n) is 6.69. The molecule has 2 aliphatic carbocycles. The van der Waals surface area contributed by atoms with Crippen LogP contribution in [0.5, 0.6) is 0 Å². The molecule has 2 saturated carbocycles. The van der Waals surface area contributed by atoms with Gasteiger partial charge in [0.1, 0.15) is 17.2 Å². The first-order valence-electron chi connectivity index (χ1n) is 8.74. The van der Waals surface area contributed by atoms with Crippen LogP contribution in [-0.4, -0.2) is 35.9 Å². The van der Waals surface area contributed by atoms with E-state index in [2.05, 4.69) is 15.2 Å². The largest absolute Gasteiger partial charge is 0.384 e. The first-order valence-corrected chi connectivity index (χ1v) is 9.73. The van der Waals surface area contributed by atoms with Crippen LogP contribution in [0.1, 0.15) is 60.7 Å². The van der Waals surface area contributed by atoms with Crippen LogP contribution in [0.15, 0.2) is 14.7 Å². The van der Waals surface area contributed by atoms with Gasteiger partial charge in [-0.25, -0.2) is 4.79 Å². The lowest BCUT2D eigenvalue weighted by Gasteiger charge is -2.11. The average Bonchev–Trinajstić information content (AvgIpc) is 3.51. The molecule has 0 radical (unpaired) electrons. The molecule has 2 aromatic rings. The van der Waals surface area contributed by atoms with Crippen LogP contribution in [0.25, 0.3) is 0 Å². The van der Waals surface area contributed by atoms with Crippen molar-refractivity contribution in [2.75, 3.05) is 11.5 Å². The predicted molar refractivity (Wildman–Crippen MR) is 96.7 cm³/mol. The average molecular weight is 376 g/mol. The van der Waals surface area contributed by atoms with E-state index in [0.29, 0.717) is 11.1 Å². The number of Topliss-reactive ketones (excluding diaryl/α,β-unsaturated/α-hetero) is 1. The van der Waals surface area contributed by atoms with Crippen LogP contribution in [0.3, 0.4) is 0 Å². The van der Waals surface area contributed by atoms with Crippen LogP contribution in [0.2, 0.25) is 0 Å². The molecule has 2 aliphatic rings. The van der Waals surface area contributed by atoms with Crippen molar-refractivity contribution < 1.29 is 4.79 Å². The number of nitrogen functional groups attached to an aromatic ring is 1. The summed E-state index contributed by atoms with van der Waals surface area (Å²) < 4.78 is 3.33. The summed E-state index contributed by atoms with van der Waals surface area (Å²) in [5, 5.41) is 9.08. The molecule has 138 valence electrons. The number of hydrogen-bond acceptors (Lipinski definition) is 7. The number of thioether (sulfide) groups is 1. The standard InChI is InChI=1S/C16H20N6O3S/c1-2-21-13(8-3-4-8)19-20-16(21)26-7-10(23)11-12(17)22(9-5-6-9)15(25)18-14(11)24/h8-9H,2-7,17H2,1H3,(H,18,24,25). The fourth-order valence-corrected chi connectivity index (χ4v) is 3.96. The Balaban J connectivity index is 1.57. The number of H-pyrrole nitrogens is 1. The number of nitrogens with zero attached hydrogens (tertiary/aromatic N) is 4. The molecule has 9 nitrogen and oxygen atoms in total. The molecule has 0 amide bonds. The van der Waals surface area contributed by atoms with Gasteiger partial charge in [0.05, 0.1) is 5.75 Å². The zero-order valence-electron chi connectivity index (χ0n) is 14.4. The summed E-state index contributed by atoms with van der Waals surface area (Å²) in [6.45, 7) is 2.74. The smallest absolute Gasteiger partial charge is 0.330 e. The third-order valence-electron chi connectivity index (χ3n) is 4.71. The highest BCUT2D eigenvalue weighted by Gasteiger charge is 2.31. The summed E-state index contributed by atoms with van der Waals surface area (Å²) in [4.78, 5) is 38.9. The van der Waals surface area contributed by atoms with Gasteiger partial charge in [0.25, 0.3) is 5.56 Å². The van der Waals surface area contributed by atoms with E-state index >= 15 is 0 Å². The van der Waals surface area contributed by atoms with Crippen molar-refractivity contribution in [1.82, 2.24) is 24.3 Å². The van der Waals surface area contributed by atoms with Gasteiger partial charge in [-0.15, -0.1) is 10.2 Å². The maximum absolute atomic E-state index is 12.6. The Hall–Kier alpha value is -2.36. The summed E-state index contributed by atoms with van der Waals surface area (Å²) >= 11 is 1.24. The Morgan fingerprint density at radius 1 is 1.27 bits per heavy atom. The Morgan fingerprint density at radius 2 is 2.00 bits per heavy atom. The fraction of sp³-hybridized carbons (Fsp3) is 0.562. The van der Waals surface area contributed by atoms with Crippen molar-refractivity contribution in [2.45, 2.75) is 56.3 Å². The molecule has 10 heteroatoms. The van der Waals surface area contributed by atoms with Crippen LogP contribution >= 0.6 is 11.8 Å². The number of carbonyl (C=O) groups excluding carboxylic acids is 1. The van der Waals surface area contributed by atoms with Crippen molar-refractivity contribution in [3.63, 3.8) is 0 Å². The molecule has 0 bridgehead atoms. The van der Waals surface area contributed by atoms with Crippen molar-refractivity contribution >= 4 is 23.4 Å². The Bertz CT molecular complexity index is 983. The van der Waals surface area contributed by atoms with Gasteiger partial charge < -0.3 is 10.3 Å². The molecule has 0 saturated heterocycles. The Labute approximate surface area is 153 Å². The third-order valence-corrected chi connectivity index (χ3v) is 5.68. The highest BCUT2D eigenvalue weighted by Crippen LogP contribution is 2.40. The van der Waals surface area contributed by atoms with Crippen molar-refractivity contribution in [1.29, 1.82) is 0 Å². The number of ketones is 1. The third kappa shape index (κ3) is 2.98. The Kier molecular flexibility index (Phi) is 4.22. The Morgan fingerprint density at radius 3 is 2.62 bits per heavy atom. The molecule has 4 rings (SSSR count). The zero-order valence-corrected chi connectivity index (χ0v) is 15.2. The van der Waals surface area contributed by atoms with E-state index < -0.39 is 17.0 Å². The fourth-order valence-electron chi connectivity index (χ4n) is 3.08. The van der Waals surface area contributed by atoms with Gasteiger partial charge in [-0.05, 0) is 32.6 Å². The zero-order chi connectivity index (χ0) is 18.4. The number of hydrogen-bond donors (Lipinski definition) is 2. The lowest BCUT2D eigenvalue weighted by atomic mass is 10.2. The molecule has 0 unspecified atom stereocenters. The number of nitrogens with two attached hydrogens (primary N) is 1. The molecule has 0 spiro atoms. The number of aromatic amines is 1. The first kappa shape index (κ1) is 17.1. The number of aromatic nitrogens is 5. The van der Waals surface area contributed by atoms with Gasteiger partial charge >= 0.3 is 5.69 Å². The summed E-state index contributed by atoms with van der Waals surface area (Å²) in [7, 11) is 0. The number of anilines is 1. The van der Waals surface area contributed by atoms with E-state index in [0.717, 1.165) is 38.1 Å². The van der Waals surface area contributed by atoms with Crippen molar-refractivity contribution in [2.24, 2.45) is 0 Å². The SMILES string of the molecule is CCn1c(SCC(=O)c2c(N)n(C3CC3)c(=O)[nH]c2=O)nnc1C1CC1. The minimum atomic E-state index is -0.731. The minimum Gasteiger partial charge on any atom is -0.384 e. The maximum Gasteiger partial charge on any atom is 0.330 e. The molecule has 0 aliphatic heterocycles. The summed E-state index contributed by atoms with van der Waals surface area (Å²) in [5.74, 6) is 0.985. The van der Waals surface area contributed by atoms with E-state index in [1.165, 1.54) is 16.3 Å². The van der Waals surface area contributed by atoms with Crippen LogP contribution in [0.4, 0.5) is 5.82 Å². The molecule has 0 atom stereocenters. The van der Waals surface area contributed by atoms with Crippen LogP contribution < -0.4 is 17.0 Å². The van der Waals surface area contributed by atoms with Gasteiger partial charge in [-0.2, -0.15) is 0 Å². The van der Waals surface area contributed by atoms with E-state index in [-0.39, 0.29) is 23.2 Å². The molecule has 0 aromatic carbocycles.